The molecule has 21 heavy (non-hydrogen) atoms. The Bertz CT molecular complexity index is 630. The van der Waals surface area contributed by atoms with Crippen molar-refractivity contribution in [1.82, 2.24) is 4.98 Å². The van der Waals surface area contributed by atoms with Gasteiger partial charge in [0.1, 0.15) is 5.69 Å². The molecule has 116 valence electrons. The monoisotopic (exact) mass is 291 g/mol. The molecular formula is C16H25N3O2. The van der Waals surface area contributed by atoms with E-state index in [4.69, 9.17) is 10.5 Å². The first-order valence-corrected chi connectivity index (χ1v) is 7.12. The standard InChI is InChI=1S/C15H20N2O2.CH5N/c1-5-19-15(18)13-9(4)12-11(16)7-6-10(8(2)3)14(12)17-13;1-2/h6-8,17H,5,16H2,1-4H3;2H2,1H3. The zero-order valence-electron chi connectivity index (χ0n) is 13.4. The summed E-state index contributed by atoms with van der Waals surface area (Å²) in [7, 11) is 1.50. The van der Waals surface area contributed by atoms with Gasteiger partial charge in [-0.2, -0.15) is 0 Å². The fraction of sp³-hybridized carbons (Fsp3) is 0.438. The maximum absolute atomic E-state index is 11.9. The van der Waals surface area contributed by atoms with Gasteiger partial charge in [0, 0.05) is 11.1 Å². The van der Waals surface area contributed by atoms with Crippen LogP contribution in [-0.2, 0) is 4.74 Å². The lowest BCUT2D eigenvalue weighted by molar-refractivity contribution is 0.0520. The van der Waals surface area contributed by atoms with Crippen molar-refractivity contribution in [3.63, 3.8) is 0 Å². The van der Waals surface area contributed by atoms with Crippen LogP contribution in [0.15, 0.2) is 12.1 Å². The fourth-order valence-electron chi connectivity index (χ4n) is 2.41. The molecule has 0 aliphatic heterocycles. The Morgan fingerprint density at radius 3 is 2.48 bits per heavy atom. The number of hydrogen-bond acceptors (Lipinski definition) is 4. The van der Waals surface area contributed by atoms with E-state index in [0.717, 1.165) is 22.0 Å². The van der Waals surface area contributed by atoms with Crippen LogP contribution in [-0.4, -0.2) is 24.6 Å². The smallest absolute Gasteiger partial charge is 0.355 e. The van der Waals surface area contributed by atoms with Crippen molar-refractivity contribution >= 4 is 22.6 Å². The third-order valence-corrected chi connectivity index (χ3v) is 3.37. The van der Waals surface area contributed by atoms with Crippen molar-refractivity contribution in [3.8, 4) is 0 Å². The number of H-pyrrole nitrogens is 1. The normalized spacial score (nSPS) is 10.4. The lowest BCUT2D eigenvalue weighted by Crippen LogP contribution is -2.06. The van der Waals surface area contributed by atoms with E-state index in [1.54, 1.807) is 6.92 Å². The van der Waals surface area contributed by atoms with E-state index in [1.165, 1.54) is 7.05 Å². The molecule has 5 heteroatoms. The van der Waals surface area contributed by atoms with Gasteiger partial charge < -0.3 is 21.2 Å². The van der Waals surface area contributed by atoms with Crippen molar-refractivity contribution in [1.29, 1.82) is 0 Å². The van der Waals surface area contributed by atoms with Crippen molar-refractivity contribution in [2.75, 3.05) is 19.4 Å². The van der Waals surface area contributed by atoms with Crippen LogP contribution in [0, 0.1) is 6.92 Å². The van der Waals surface area contributed by atoms with Crippen LogP contribution in [0.4, 0.5) is 5.69 Å². The number of nitrogens with two attached hydrogens (primary N) is 2. The van der Waals surface area contributed by atoms with Crippen LogP contribution in [0.3, 0.4) is 0 Å². The Morgan fingerprint density at radius 1 is 1.33 bits per heavy atom. The molecule has 0 atom stereocenters. The van der Waals surface area contributed by atoms with E-state index in [2.05, 4.69) is 24.6 Å². The van der Waals surface area contributed by atoms with E-state index in [0.29, 0.717) is 23.9 Å². The van der Waals surface area contributed by atoms with Crippen molar-refractivity contribution in [2.24, 2.45) is 5.73 Å². The number of aryl methyl sites for hydroxylation is 1. The number of nitrogens with one attached hydrogen (secondary N) is 1. The maximum Gasteiger partial charge on any atom is 0.355 e. The van der Waals surface area contributed by atoms with Gasteiger partial charge in [0.2, 0.25) is 0 Å². The molecular weight excluding hydrogens is 266 g/mol. The molecule has 0 fully saturated rings. The number of fused-ring (bicyclic) bond motifs is 1. The zero-order valence-corrected chi connectivity index (χ0v) is 13.4. The van der Waals surface area contributed by atoms with Crippen LogP contribution in [0.25, 0.3) is 10.9 Å². The molecule has 0 amide bonds. The lowest BCUT2D eigenvalue weighted by Gasteiger charge is -2.08. The summed E-state index contributed by atoms with van der Waals surface area (Å²) in [6.45, 7) is 8.28. The number of aromatic amines is 1. The SMILES string of the molecule is CCOC(=O)c1[nH]c2c(C(C)C)ccc(N)c2c1C.CN. The highest BCUT2D eigenvalue weighted by Crippen LogP contribution is 2.33. The summed E-state index contributed by atoms with van der Waals surface area (Å²) in [5.41, 5.74) is 14.7. The summed E-state index contributed by atoms with van der Waals surface area (Å²) in [4.78, 5) is 15.1. The van der Waals surface area contributed by atoms with Gasteiger partial charge in [0.15, 0.2) is 0 Å². The van der Waals surface area contributed by atoms with E-state index in [-0.39, 0.29) is 5.97 Å². The Kier molecular flexibility index (Phi) is 5.79. The third kappa shape index (κ3) is 3.19. The van der Waals surface area contributed by atoms with Gasteiger partial charge in [-0.1, -0.05) is 19.9 Å². The molecule has 5 N–H and O–H groups in total. The Labute approximate surface area is 125 Å². The molecule has 0 bridgehead atoms. The predicted octanol–water partition coefficient (Wildman–Crippen LogP) is 2.93. The highest BCUT2D eigenvalue weighted by atomic mass is 16.5. The average Bonchev–Trinajstić information content (AvgIpc) is 2.80. The average molecular weight is 291 g/mol. The number of rotatable bonds is 3. The molecule has 1 heterocycles. The molecule has 1 aromatic heterocycles. The number of anilines is 1. The van der Waals surface area contributed by atoms with Gasteiger partial charge in [-0.3, -0.25) is 0 Å². The summed E-state index contributed by atoms with van der Waals surface area (Å²) in [6.07, 6.45) is 0. The predicted molar refractivity (Wildman–Crippen MR) is 87.6 cm³/mol. The van der Waals surface area contributed by atoms with E-state index in [1.807, 2.05) is 19.1 Å². The van der Waals surface area contributed by atoms with Crippen molar-refractivity contribution in [3.05, 3.63) is 29.0 Å². The Hall–Kier alpha value is -2.01. The second-order valence-electron chi connectivity index (χ2n) is 4.99. The summed E-state index contributed by atoms with van der Waals surface area (Å²) < 4.78 is 5.07. The molecule has 2 aromatic rings. The minimum atomic E-state index is -0.328. The van der Waals surface area contributed by atoms with Gasteiger partial charge in [-0.25, -0.2) is 4.79 Å². The molecule has 0 saturated heterocycles. The number of hydrogen-bond donors (Lipinski definition) is 3. The molecule has 1 aromatic carbocycles. The van der Waals surface area contributed by atoms with Crippen molar-refractivity contribution in [2.45, 2.75) is 33.6 Å². The number of benzene rings is 1. The Morgan fingerprint density at radius 2 is 1.95 bits per heavy atom. The zero-order chi connectivity index (χ0) is 16.2. The minimum absolute atomic E-state index is 0.328. The summed E-state index contributed by atoms with van der Waals surface area (Å²) in [5.74, 6) is 0.0292. The van der Waals surface area contributed by atoms with Crippen LogP contribution >= 0.6 is 0 Å². The Balaban J connectivity index is 0.00000106. The number of aromatic nitrogens is 1. The van der Waals surface area contributed by atoms with Crippen LogP contribution in [0.1, 0.15) is 48.3 Å². The topological polar surface area (TPSA) is 94.1 Å². The number of carbonyl (C=O) groups is 1. The quantitative estimate of drug-likeness (QED) is 0.598. The van der Waals surface area contributed by atoms with Gasteiger partial charge in [0.05, 0.1) is 12.1 Å². The molecule has 0 aliphatic rings. The van der Waals surface area contributed by atoms with Gasteiger partial charge in [-0.05, 0) is 44.0 Å². The number of nitrogen functional groups attached to an aromatic ring is 1. The second kappa shape index (κ2) is 7.13. The number of esters is 1. The van der Waals surface area contributed by atoms with Gasteiger partial charge in [-0.15, -0.1) is 0 Å². The molecule has 0 spiro atoms. The summed E-state index contributed by atoms with van der Waals surface area (Å²) in [6, 6.07) is 3.90. The summed E-state index contributed by atoms with van der Waals surface area (Å²) in [5, 5.41) is 0.925. The number of carbonyl (C=O) groups excluding carboxylic acids is 1. The molecule has 0 aliphatic carbocycles. The van der Waals surface area contributed by atoms with Crippen molar-refractivity contribution < 1.29 is 9.53 Å². The molecule has 0 radical (unpaired) electrons. The largest absolute Gasteiger partial charge is 0.461 e. The third-order valence-electron chi connectivity index (χ3n) is 3.37. The van der Waals surface area contributed by atoms with Crippen LogP contribution in [0.2, 0.25) is 0 Å². The van der Waals surface area contributed by atoms with E-state index in [9.17, 15) is 4.79 Å². The molecule has 5 nitrogen and oxygen atoms in total. The minimum Gasteiger partial charge on any atom is -0.461 e. The highest BCUT2D eigenvalue weighted by Gasteiger charge is 2.19. The van der Waals surface area contributed by atoms with E-state index < -0.39 is 0 Å². The summed E-state index contributed by atoms with van der Waals surface area (Å²) >= 11 is 0. The van der Waals surface area contributed by atoms with E-state index >= 15 is 0 Å². The molecule has 0 unspecified atom stereocenters. The molecule has 0 saturated carbocycles. The first-order chi connectivity index (χ1) is 9.97. The lowest BCUT2D eigenvalue weighted by atomic mass is 9.98. The van der Waals surface area contributed by atoms with Gasteiger partial charge in [0.25, 0.3) is 0 Å². The number of ether oxygens (including phenoxy) is 1. The first kappa shape index (κ1) is 17.0. The van der Waals surface area contributed by atoms with Crippen LogP contribution in [0.5, 0.6) is 0 Å². The molecule has 2 rings (SSSR count). The second-order valence-corrected chi connectivity index (χ2v) is 4.99. The maximum atomic E-state index is 11.9. The highest BCUT2D eigenvalue weighted by molar-refractivity contribution is 6.03. The first-order valence-electron chi connectivity index (χ1n) is 7.12. The van der Waals surface area contributed by atoms with Gasteiger partial charge >= 0.3 is 5.97 Å². The van der Waals surface area contributed by atoms with Crippen LogP contribution < -0.4 is 11.5 Å². The fourth-order valence-corrected chi connectivity index (χ4v) is 2.41.